The Morgan fingerprint density at radius 3 is 2.67 bits per heavy atom. The average Bonchev–Trinajstić information content (AvgIpc) is 3.01. The molecule has 1 aliphatic heterocycles. The minimum atomic E-state index is -0.868. The third-order valence-corrected chi connectivity index (χ3v) is 5.37. The average molecular weight is 388 g/mol. The van der Waals surface area contributed by atoms with Gasteiger partial charge in [0.05, 0.1) is 17.7 Å². The lowest BCUT2D eigenvalue weighted by Crippen LogP contribution is -2.44. The van der Waals surface area contributed by atoms with E-state index in [9.17, 15) is 14.3 Å². The Balaban J connectivity index is 1.79. The molecule has 7 heteroatoms. The first-order chi connectivity index (χ1) is 13.0. The van der Waals surface area contributed by atoms with E-state index in [0.717, 1.165) is 13.1 Å². The summed E-state index contributed by atoms with van der Waals surface area (Å²) in [6.07, 6.45) is 4.50. The molecule has 0 saturated carbocycles. The molecule has 3 aromatic rings. The summed E-state index contributed by atoms with van der Waals surface area (Å²) in [5, 5.41) is 15.1. The van der Waals surface area contributed by atoms with Crippen molar-refractivity contribution in [2.24, 2.45) is 0 Å². The molecule has 140 valence electrons. The first-order valence-corrected chi connectivity index (χ1v) is 9.21. The van der Waals surface area contributed by atoms with Crippen molar-refractivity contribution in [3.63, 3.8) is 0 Å². The van der Waals surface area contributed by atoms with Crippen molar-refractivity contribution in [2.45, 2.75) is 25.0 Å². The zero-order chi connectivity index (χ0) is 19.0. The summed E-state index contributed by atoms with van der Waals surface area (Å²) < 4.78 is 15.0. The number of hydrogen-bond donors (Lipinski definition) is 2. The number of fused-ring (bicyclic) bond motifs is 1. The molecule has 1 aromatic carbocycles. The summed E-state index contributed by atoms with van der Waals surface area (Å²) in [4.78, 5) is 17.1. The van der Waals surface area contributed by atoms with Crippen molar-refractivity contribution in [3.8, 4) is 0 Å². The number of aromatic nitrogens is 2. The molecule has 0 spiro atoms. The van der Waals surface area contributed by atoms with E-state index in [1.807, 2.05) is 4.57 Å². The minimum Gasteiger partial charge on any atom is -0.388 e. The molecule has 5 nitrogen and oxygen atoms in total. The summed E-state index contributed by atoms with van der Waals surface area (Å²) in [5.74, 6) is -0.618. The summed E-state index contributed by atoms with van der Waals surface area (Å²) in [7, 11) is 0. The molecule has 1 saturated heterocycles. The van der Waals surface area contributed by atoms with Crippen LogP contribution in [0.25, 0.3) is 10.9 Å². The van der Waals surface area contributed by atoms with Crippen LogP contribution in [0.15, 0.2) is 42.7 Å². The van der Waals surface area contributed by atoms with Gasteiger partial charge in [0, 0.05) is 28.9 Å². The fraction of sp³-hybridized carbons (Fsp3) is 0.300. The van der Waals surface area contributed by atoms with Crippen LogP contribution in [0.4, 0.5) is 4.39 Å². The highest BCUT2D eigenvalue weighted by Crippen LogP contribution is 2.31. The van der Waals surface area contributed by atoms with Crippen LogP contribution in [0.3, 0.4) is 0 Å². The standard InChI is InChI=1S/C20H19ClFN3O2/c21-19-17-15(5-8-24-19)16(18(26)13-1-3-14(22)4-2-13)11-25(17)12-20(27)6-9-23-10-7-20/h1-5,8,11,23,27H,6-7,9-10,12H2. The quantitative estimate of drug-likeness (QED) is 0.533. The fourth-order valence-electron chi connectivity index (χ4n) is 3.64. The molecule has 3 heterocycles. The molecule has 27 heavy (non-hydrogen) atoms. The van der Waals surface area contributed by atoms with E-state index in [-0.39, 0.29) is 10.9 Å². The minimum absolute atomic E-state index is 0.224. The molecule has 0 bridgehead atoms. The maximum absolute atomic E-state index is 13.2. The largest absolute Gasteiger partial charge is 0.388 e. The number of piperidine rings is 1. The molecule has 0 aliphatic carbocycles. The van der Waals surface area contributed by atoms with E-state index < -0.39 is 11.4 Å². The van der Waals surface area contributed by atoms with E-state index >= 15 is 0 Å². The molecule has 0 unspecified atom stereocenters. The molecule has 1 fully saturated rings. The first kappa shape index (κ1) is 18.1. The zero-order valence-corrected chi connectivity index (χ0v) is 15.3. The topological polar surface area (TPSA) is 67.2 Å². The van der Waals surface area contributed by atoms with E-state index in [2.05, 4.69) is 10.3 Å². The van der Waals surface area contributed by atoms with Gasteiger partial charge in [0.15, 0.2) is 10.9 Å². The Hall–Kier alpha value is -2.28. The van der Waals surface area contributed by atoms with Gasteiger partial charge in [-0.2, -0.15) is 0 Å². The molecule has 1 aliphatic rings. The van der Waals surface area contributed by atoms with Gasteiger partial charge in [0.1, 0.15) is 5.82 Å². The van der Waals surface area contributed by atoms with E-state index in [1.54, 1.807) is 18.5 Å². The van der Waals surface area contributed by atoms with Gasteiger partial charge < -0.3 is 15.0 Å². The third kappa shape index (κ3) is 3.48. The van der Waals surface area contributed by atoms with Crippen molar-refractivity contribution in [2.75, 3.05) is 13.1 Å². The van der Waals surface area contributed by atoms with Crippen LogP contribution in [-0.2, 0) is 6.54 Å². The molecule has 4 rings (SSSR count). The van der Waals surface area contributed by atoms with Gasteiger partial charge >= 0.3 is 0 Å². The molecule has 2 aromatic heterocycles. The second-order valence-electron chi connectivity index (χ2n) is 6.98. The Kier molecular flexibility index (Phi) is 4.72. The summed E-state index contributed by atoms with van der Waals surface area (Å²) in [6, 6.07) is 7.19. The number of pyridine rings is 1. The number of halogens is 2. The summed E-state index contributed by atoms with van der Waals surface area (Å²) in [5.41, 5.74) is 0.603. The SMILES string of the molecule is O=C(c1ccc(F)cc1)c1cn(CC2(O)CCNCC2)c2c(Cl)nccc12. The van der Waals surface area contributed by atoms with Crippen LogP contribution >= 0.6 is 11.6 Å². The predicted molar refractivity (Wildman–Crippen MR) is 102 cm³/mol. The van der Waals surface area contributed by atoms with Crippen molar-refractivity contribution in [3.05, 3.63) is 64.8 Å². The van der Waals surface area contributed by atoms with Gasteiger partial charge in [-0.25, -0.2) is 9.37 Å². The van der Waals surface area contributed by atoms with Gasteiger partial charge in [-0.15, -0.1) is 0 Å². The van der Waals surface area contributed by atoms with Gasteiger partial charge in [0.25, 0.3) is 0 Å². The van der Waals surface area contributed by atoms with Gasteiger partial charge in [-0.05, 0) is 56.3 Å². The number of aliphatic hydroxyl groups is 1. The molecular formula is C20H19ClFN3O2. The monoisotopic (exact) mass is 387 g/mol. The predicted octanol–water partition coefficient (Wildman–Crippen LogP) is 3.17. The molecular weight excluding hydrogens is 369 g/mol. The number of nitrogens with one attached hydrogen (secondary N) is 1. The smallest absolute Gasteiger partial charge is 0.195 e. The number of nitrogens with zero attached hydrogens (tertiary/aromatic N) is 2. The highest BCUT2D eigenvalue weighted by Gasteiger charge is 2.31. The number of benzene rings is 1. The van der Waals surface area contributed by atoms with Crippen molar-refractivity contribution < 1.29 is 14.3 Å². The fourth-order valence-corrected chi connectivity index (χ4v) is 3.91. The van der Waals surface area contributed by atoms with Crippen LogP contribution in [-0.4, -0.2) is 39.1 Å². The van der Waals surface area contributed by atoms with Crippen LogP contribution in [0, 0.1) is 5.82 Å². The molecule has 0 radical (unpaired) electrons. The van der Waals surface area contributed by atoms with Crippen LogP contribution in [0.5, 0.6) is 0 Å². The van der Waals surface area contributed by atoms with E-state index in [1.165, 1.54) is 24.3 Å². The maximum atomic E-state index is 13.2. The Bertz CT molecular complexity index is 994. The first-order valence-electron chi connectivity index (χ1n) is 8.84. The van der Waals surface area contributed by atoms with Gasteiger partial charge in [-0.3, -0.25) is 4.79 Å². The zero-order valence-electron chi connectivity index (χ0n) is 14.6. The lowest BCUT2D eigenvalue weighted by molar-refractivity contribution is -0.00435. The number of carbonyl (C=O) groups is 1. The number of ketones is 1. The highest BCUT2D eigenvalue weighted by molar-refractivity contribution is 6.34. The Morgan fingerprint density at radius 1 is 1.26 bits per heavy atom. The maximum Gasteiger partial charge on any atom is 0.195 e. The number of carbonyl (C=O) groups excluding carboxylic acids is 1. The van der Waals surface area contributed by atoms with Crippen LogP contribution in [0.2, 0.25) is 5.15 Å². The van der Waals surface area contributed by atoms with Crippen LogP contribution < -0.4 is 5.32 Å². The van der Waals surface area contributed by atoms with Crippen molar-refractivity contribution in [1.29, 1.82) is 0 Å². The lowest BCUT2D eigenvalue weighted by Gasteiger charge is -2.33. The number of rotatable bonds is 4. The highest BCUT2D eigenvalue weighted by atomic mass is 35.5. The van der Waals surface area contributed by atoms with E-state index in [4.69, 9.17) is 11.6 Å². The third-order valence-electron chi connectivity index (χ3n) is 5.09. The number of hydrogen-bond acceptors (Lipinski definition) is 4. The van der Waals surface area contributed by atoms with Gasteiger partial charge in [0.2, 0.25) is 0 Å². The second-order valence-corrected chi connectivity index (χ2v) is 7.34. The van der Waals surface area contributed by atoms with Crippen molar-refractivity contribution in [1.82, 2.24) is 14.9 Å². The Labute approximate surface area is 160 Å². The van der Waals surface area contributed by atoms with E-state index in [0.29, 0.717) is 41.4 Å². The molecule has 2 N–H and O–H groups in total. The molecule has 0 atom stereocenters. The Morgan fingerprint density at radius 2 is 1.96 bits per heavy atom. The van der Waals surface area contributed by atoms with Crippen molar-refractivity contribution >= 4 is 28.3 Å². The lowest BCUT2D eigenvalue weighted by atomic mass is 9.92. The molecule has 0 amide bonds. The normalized spacial score (nSPS) is 16.6. The summed E-state index contributed by atoms with van der Waals surface area (Å²) in [6.45, 7) is 1.80. The second kappa shape index (κ2) is 7.03. The summed E-state index contributed by atoms with van der Waals surface area (Å²) >= 11 is 6.32. The van der Waals surface area contributed by atoms with Gasteiger partial charge in [-0.1, -0.05) is 11.6 Å². The van der Waals surface area contributed by atoms with Crippen LogP contribution in [0.1, 0.15) is 28.8 Å².